The minimum atomic E-state index is -0.414. The molecule has 0 amide bonds. The molecule has 0 unspecified atom stereocenters. The van der Waals surface area contributed by atoms with Crippen molar-refractivity contribution in [2.45, 2.75) is 0 Å². The zero-order chi connectivity index (χ0) is 11.5. The second-order valence-corrected chi connectivity index (χ2v) is 3.95. The number of thiazole rings is 1. The zero-order valence-electron chi connectivity index (χ0n) is 8.38. The highest BCUT2D eigenvalue weighted by Gasteiger charge is 2.12. The van der Waals surface area contributed by atoms with Gasteiger partial charge in [0.25, 0.3) is 0 Å². The Morgan fingerprint density at radius 3 is 2.81 bits per heavy atom. The lowest BCUT2D eigenvalue weighted by atomic mass is 10.3. The van der Waals surface area contributed by atoms with Gasteiger partial charge >= 0.3 is 5.97 Å². The van der Waals surface area contributed by atoms with E-state index in [1.807, 2.05) is 0 Å². The average molecular weight is 236 g/mol. The van der Waals surface area contributed by atoms with Crippen molar-refractivity contribution in [2.24, 2.45) is 0 Å². The number of hydrogen-bond acceptors (Lipinski definition) is 6. The first-order valence-corrected chi connectivity index (χ1v) is 5.22. The van der Waals surface area contributed by atoms with E-state index in [2.05, 4.69) is 14.7 Å². The maximum Gasteiger partial charge on any atom is 0.349 e. The molecule has 0 atom stereocenters. The van der Waals surface area contributed by atoms with E-state index in [4.69, 9.17) is 5.11 Å². The summed E-state index contributed by atoms with van der Waals surface area (Å²) >= 11 is 1.19. The van der Waals surface area contributed by atoms with Crippen molar-refractivity contribution in [2.75, 3.05) is 7.11 Å². The summed E-state index contributed by atoms with van der Waals surface area (Å²) in [5.41, 5.74) is 0.609. The first-order chi connectivity index (χ1) is 7.70. The molecule has 2 aromatic heterocycles. The Morgan fingerprint density at radius 1 is 1.38 bits per heavy atom. The molecule has 16 heavy (non-hydrogen) atoms. The molecule has 82 valence electrons. The molecule has 6 heteroatoms. The monoisotopic (exact) mass is 236 g/mol. The molecule has 0 saturated heterocycles. The molecule has 1 N–H and O–H groups in total. The lowest BCUT2D eigenvalue weighted by Gasteiger charge is -1.94. The Balaban J connectivity index is 2.31. The van der Waals surface area contributed by atoms with Crippen molar-refractivity contribution in [3.05, 3.63) is 29.4 Å². The molecule has 0 aromatic carbocycles. The van der Waals surface area contributed by atoms with Crippen LogP contribution in [0.1, 0.15) is 9.67 Å². The second-order valence-electron chi connectivity index (χ2n) is 2.92. The quantitative estimate of drug-likeness (QED) is 0.803. The molecule has 2 aromatic rings. The number of aromatic nitrogens is 2. The Bertz CT molecular complexity index is 507. The Morgan fingerprint density at radius 2 is 2.19 bits per heavy atom. The van der Waals surface area contributed by atoms with E-state index in [0.717, 1.165) is 0 Å². The molecule has 0 aliphatic carbocycles. The van der Waals surface area contributed by atoms with Gasteiger partial charge in [0, 0.05) is 0 Å². The fourth-order valence-corrected chi connectivity index (χ4v) is 1.91. The second kappa shape index (κ2) is 4.28. The topological polar surface area (TPSA) is 72.3 Å². The van der Waals surface area contributed by atoms with Gasteiger partial charge in [0.2, 0.25) is 0 Å². The summed E-state index contributed by atoms with van der Waals surface area (Å²) in [6.07, 6.45) is 2.77. The number of carbonyl (C=O) groups is 1. The number of hydrogen-bond donors (Lipinski definition) is 1. The third-order valence-corrected chi connectivity index (χ3v) is 2.86. The Hall–Kier alpha value is -1.95. The lowest BCUT2D eigenvalue weighted by Crippen LogP contribution is -1.96. The summed E-state index contributed by atoms with van der Waals surface area (Å²) in [6.45, 7) is 0. The van der Waals surface area contributed by atoms with E-state index in [-0.39, 0.29) is 5.75 Å². The van der Waals surface area contributed by atoms with Crippen LogP contribution in [0.4, 0.5) is 0 Å². The number of methoxy groups -OCH3 is 1. The highest BCUT2D eigenvalue weighted by atomic mass is 32.1. The number of carbonyl (C=O) groups excluding carboxylic acids is 1. The van der Waals surface area contributed by atoms with E-state index < -0.39 is 5.97 Å². The number of esters is 1. The molecule has 5 nitrogen and oxygen atoms in total. The number of pyridine rings is 1. The molecule has 2 rings (SSSR count). The summed E-state index contributed by atoms with van der Waals surface area (Å²) in [7, 11) is 1.32. The molecular weight excluding hydrogens is 228 g/mol. The minimum Gasteiger partial charge on any atom is -0.506 e. The summed E-state index contributed by atoms with van der Waals surface area (Å²) in [4.78, 5) is 19.7. The first kappa shape index (κ1) is 10.6. The largest absolute Gasteiger partial charge is 0.506 e. The summed E-state index contributed by atoms with van der Waals surface area (Å²) < 4.78 is 4.58. The van der Waals surface area contributed by atoms with Crippen LogP contribution in [0.2, 0.25) is 0 Å². The average Bonchev–Trinajstić information content (AvgIpc) is 2.78. The SMILES string of the molecule is COC(=O)c1cnc(-c2ccc(O)cn2)s1. The molecule has 0 spiro atoms. The van der Waals surface area contributed by atoms with Gasteiger partial charge in [-0.25, -0.2) is 14.8 Å². The summed E-state index contributed by atoms with van der Waals surface area (Å²) in [5.74, 6) is -0.323. The summed E-state index contributed by atoms with van der Waals surface area (Å²) in [5, 5.41) is 9.69. The van der Waals surface area contributed by atoms with E-state index in [9.17, 15) is 4.79 Å². The van der Waals surface area contributed by atoms with Crippen LogP contribution in [0, 0.1) is 0 Å². The normalized spacial score (nSPS) is 10.1. The van der Waals surface area contributed by atoms with Crippen LogP contribution in [0.15, 0.2) is 24.5 Å². The molecule has 0 radical (unpaired) electrons. The molecule has 0 aliphatic rings. The van der Waals surface area contributed by atoms with Gasteiger partial charge in [-0.15, -0.1) is 11.3 Å². The van der Waals surface area contributed by atoms with Gasteiger partial charge in [-0.1, -0.05) is 0 Å². The third-order valence-electron chi connectivity index (χ3n) is 1.86. The van der Waals surface area contributed by atoms with Crippen LogP contribution in [0.5, 0.6) is 5.75 Å². The number of aromatic hydroxyl groups is 1. The predicted octanol–water partition coefficient (Wildman–Crippen LogP) is 1.70. The standard InChI is InChI=1S/C10H8N2O3S/c1-15-10(14)8-5-12-9(16-8)7-3-2-6(13)4-11-7/h2-5,13H,1H3. The molecule has 2 heterocycles. The smallest absolute Gasteiger partial charge is 0.349 e. The Kier molecular flexibility index (Phi) is 2.82. The fourth-order valence-electron chi connectivity index (χ4n) is 1.10. The van der Waals surface area contributed by atoms with Crippen LogP contribution in [0.3, 0.4) is 0 Å². The van der Waals surface area contributed by atoms with E-state index in [0.29, 0.717) is 15.6 Å². The van der Waals surface area contributed by atoms with Gasteiger partial charge in [-0.3, -0.25) is 0 Å². The molecule has 0 saturated carbocycles. The Labute approximate surface area is 95.4 Å². The van der Waals surface area contributed by atoms with Crippen LogP contribution < -0.4 is 0 Å². The number of nitrogens with zero attached hydrogens (tertiary/aromatic N) is 2. The van der Waals surface area contributed by atoms with Gasteiger partial charge in [-0.2, -0.15) is 0 Å². The van der Waals surface area contributed by atoms with Gasteiger partial charge in [0.1, 0.15) is 15.6 Å². The predicted molar refractivity (Wildman–Crippen MR) is 58.3 cm³/mol. The van der Waals surface area contributed by atoms with Crippen molar-refractivity contribution < 1.29 is 14.6 Å². The van der Waals surface area contributed by atoms with Crippen molar-refractivity contribution in [1.29, 1.82) is 0 Å². The van der Waals surface area contributed by atoms with Crippen molar-refractivity contribution >= 4 is 17.3 Å². The van der Waals surface area contributed by atoms with Crippen LogP contribution in [-0.4, -0.2) is 28.2 Å². The fraction of sp³-hybridized carbons (Fsp3) is 0.100. The minimum absolute atomic E-state index is 0.0912. The third kappa shape index (κ3) is 2.01. The van der Waals surface area contributed by atoms with Gasteiger partial charge in [0.05, 0.1) is 25.2 Å². The number of rotatable bonds is 2. The highest BCUT2D eigenvalue weighted by molar-refractivity contribution is 7.16. The number of ether oxygens (including phenoxy) is 1. The van der Waals surface area contributed by atoms with E-state index in [1.54, 1.807) is 6.07 Å². The first-order valence-electron chi connectivity index (χ1n) is 4.40. The summed E-state index contributed by atoms with van der Waals surface area (Å²) in [6, 6.07) is 3.15. The van der Waals surface area contributed by atoms with Gasteiger partial charge in [-0.05, 0) is 12.1 Å². The van der Waals surface area contributed by atoms with Crippen LogP contribution >= 0.6 is 11.3 Å². The van der Waals surface area contributed by atoms with E-state index in [1.165, 1.54) is 36.9 Å². The molecule has 0 aliphatic heterocycles. The van der Waals surface area contributed by atoms with Crippen LogP contribution in [-0.2, 0) is 4.74 Å². The highest BCUT2D eigenvalue weighted by Crippen LogP contribution is 2.24. The van der Waals surface area contributed by atoms with E-state index >= 15 is 0 Å². The van der Waals surface area contributed by atoms with Crippen molar-refractivity contribution in [1.82, 2.24) is 9.97 Å². The van der Waals surface area contributed by atoms with Gasteiger partial charge < -0.3 is 9.84 Å². The lowest BCUT2D eigenvalue weighted by molar-refractivity contribution is 0.0606. The maximum absolute atomic E-state index is 11.2. The molecular formula is C10H8N2O3S. The van der Waals surface area contributed by atoms with Crippen LogP contribution in [0.25, 0.3) is 10.7 Å². The molecule has 0 bridgehead atoms. The van der Waals surface area contributed by atoms with Crippen molar-refractivity contribution in [3.8, 4) is 16.5 Å². The maximum atomic E-state index is 11.2. The van der Waals surface area contributed by atoms with Crippen molar-refractivity contribution in [3.63, 3.8) is 0 Å². The zero-order valence-corrected chi connectivity index (χ0v) is 9.19. The van der Waals surface area contributed by atoms with Gasteiger partial charge in [0.15, 0.2) is 0 Å². The molecule has 0 fully saturated rings.